The van der Waals surface area contributed by atoms with Gasteiger partial charge in [-0.3, -0.25) is 4.79 Å². The molecule has 0 N–H and O–H groups in total. The highest BCUT2D eigenvalue weighted by Gasteiger charge is 2.14. The Bertz CT molecular complexity index is 888. The predicted octanol–water partition coefficient (Wildman–Crippen LogP) is 5.66. The van der Waals surface area contributed by atoms with Crippen molar-refractivity contribution >= 4 is 43.7 Å². The van der Waals surface area contributed by atoms with Gasteiger partial charge in [-0.2, -0.15) is 0 Å². The molecule has 0 saturated heterocycles. The highest BCUT2D eigenvalue weighted by atomic mass is 79.9. The van der Waals surface area contributed by atoms with Crippen LogP contribution in [0.4, 0.5) is 0 Å². The molecule has 0 atom stereocenters. The Morgan fingerprint density at radius 3 is 2.41 bits per heavy atom. The maximum atomic E-state index is 11.8. The minimum Gasteiger partial charge on any atom is -0.276 e. The van der Waals surface area contributed by atoms with Crippen LogP contribution < -0.4 is 0 Å². The van der Waals surface area contributed by atoms with E-state index in [9.17, 15) is 4.79 Å². The zero-order valence-electron chi connectivity index (χ0n) is 12.2. The largest absolute Gasteiger partial charge is 0.276 e. The summed E-state index contributed by atoms with van der Waals surface area (Å²) in [5, 5.41) is 0.342. The average molecular weight is 375 g/mol. The second-order valence-electron chi connectivity index (χ2n) is 5.31. The van der Waals surface area contributed by atoms with E-state index < -0.39 is 5.24 Å². The molecule has 0 aliphatic heterocycles. The fraction of sp³-hybridized carbons (Fsp3) is 0.111. The van der Waals surface area contributed by atoms with Crippen molar-refractivity contribution in [2.45, 2.75) is 13.8 Å². The summed E-state index contributed by atoms with van der Waals surface area (Å²) in [6, 6.07) is 13.6. The molecule has 3 aromatic rings. The molecule has 0 saturated carbocycles. The van der Waals surface area contributed by atoms with Crippen LogP contribution in [0.5, 0.6) is 0 Å². The number of carbonyl (C=O) groups is 1. The van der Waals surface area contributed by atoms with Crippen LogP contribution in [0.2, 0.25) is 0 Å². The summed E-state index contributed by atoms with van der Waals surface area (Å²) in [4.78, 5) is 16.6. The Hall–Kier alpha value is -1.71. The molecule has 0 aliphatic rings. The highest BCUT2D eigenvalue weighted by Crippen LogP contribution is 2.29. The van der Waals surface area contributed by atoms with E-state index in [1.165, 1.54) is 0 Å². The van der Waals surface area contributed by atoms with E-state index in [1.54, 1.807) is 6.07 Å². The van der Waals surface area contributed by atoms with E-state index in [4.69, 9.17) is 16.6 Å². The van der Waals surface area contributed by atoms with Gasteiger partial charge in [0.25, 0.3) is 5.24 Å². The van der Waals surface area contributed by atoms with Gasteiger partial charge in [-0.05, 0) is 55.3 Å². The maximum absolute atomic E-state index is 11.8. The van der Waals surface area contributed by atoms with Crippen LogP contribution in [-0.4, -0.2) is 10.2 Å². The fourth-order valence-electron chi connectivity index (χ4n) is 2.61. The van der Waals surface area contributed by atoms with Crippen molar-refractivity contribution in [2.75, 3.05) is 0 Å². The third-order valence-electron chi connectivity index (χ3n) is 3.60. The average Bonchev–Trinajstić information content (AvgIpc) is 2.47. The lowest BCUT2D eigenvalue weighted by molar-refractivity contribution is 0.108. The van der Waals surface area contributed by atoms with Crippen molar-refractivity contribution in [1.82, 2.24) is 4.98 Å². The summed E-state index contributed by atoms with van der Waals surface area (Å²) in [6.45, 7) is 3.99. The second-order valence-corrected chi connectivity index (χ2v) is 6.57. The van der Waals surface area contributed by atoms with Gasteiger partial charge in [0.05, 0.1) is 11.2 Å². The molecule has 110 valence electrons. The first-order chi connectivity index (χ1) is 10.5. The van der Waals surface area contributed by atoms with E-state index in [0.29, 0.717) is 5.56 Å². The van der Waals surface area contributed by atoms with Crippen LogP contribution in [0.25, 0.3) is 22.2 Å². The molecule has 0 radical (unpaired) electrons. The normalized spacial score (nSPS) is 10.9. The molecule has 1 aromatic heterocycles. The van der Waals surface area contributed by atoms with Crippen LogP contribution in [0.1, 0.15) is 21.5 Å². The quantitative estimate of drug-likeness (QED) is 0.542. The number of hydrogen-bond acceptors (Lipinski definition) is 2. The molecule has 0 aliphatic carbocycles. The molecule has 2 nitrogen and oxygen atoms in total. The van der Waals surface area contributed by atoms with Crippen molar-refractivity contribution in [3.63, 3.8) is 0 Å². The topological polar surface area (TPSA) is 30.0 Å². The number of aromatic nitrogens is 1. The van der Waals surface area contributed by atoms with E-state index in [0.717, 1.165) is 37.8 Å². The smallest absolute Gasteiger partial charge is 0.253 e. The number of halogens is 2. The minimum absolute atomic E-state index is 0.462. The van der Waals surface area contributed by atoms with Gasteiger partial charge in [-0.1, -0.05) is 39.7 Å². The molecule has 0 unspecified atom stereocenters. The molecule has 1 heterocycles. The first kappa shape index (κ1) is 15.2. The second kappa shape index (κ2) is 5.82. The van der Waals surface area contributed by atoms with Gasteiger partial charge in [0.2, 0.25) is 0 Å². The van der Waals surface area contributed by atoms with Gasteiger partial charge in [0.1, 0.15) is 0 Å². The number of rotatable bonds is 2. The lowest BCUT2D eigenvalue weighted by atomic mass is 10.0. The standard InChI is InChI=1S/C18H13BrClNO/c1-10-7-11(2)17-14(8-10)15(18(20)22)9-16(21-17)12-3-5-13(19)6-4-12/h3-9H,1-2H3. The summed E-state index contributed by atoms with van der Waals surface area (Å²) in [5.41, 5.74) is 5.13. The first-order valence-corrected chi connectivity index (χ1v) is 8.00. The summed E-state index contributed by atoms with van der Waals surface area (Å²) in [6.07, 6.45) is 0. The Morgan fingerprint density at radius 1 is 1.09 bits per heavy atom. The molecule has 2 aromatic carbocycles. The third-order valence-corrected chi connectivity index (χ3v) is 4.33. The molecular formula is C18H13BrClNO. The van der Waals surface area contributed by atoms with E-state index >= 15 is 0 Å². The van der Waals surface area contributed by atoms with Gasteiger partial charge in [0.15, 0.2) is 0 Å². The van der Waals surface area contributed by atoms with Crippen molar-refractivity contribution in [3.05, 3.63) is 63.6 Å². The molecule has 0 spiro atoms. The molecule has 0 fully saturated rings. The van der Waals surface area contributed by atoms with E-state index in [2.05, 4.69) is 22.0 Å². The van der Waals surface area contributed by atoms with Crippen LogP contribution in [0.3, 0.4) is 0 Å². The summed E-state index contributed by atoms with van der Waals surface area (Å²) < 4.78 is 0.998. The molecule has 22 heavy (non-hydrogen) atoms. The number of fused-ring (bicyclic) bond motifs is 1. The Morgan fingerprint density at radius 2 is 1.77 bits per heavy atom. The van der Waals surface area contributed by atoms with Crippen molar-refractivity contribution < 1.29 is 4.79 Å². The lowest BCUT2D eigenvalue weighted by Crippen LogP contribution is -1.98. The van der Waals surface area contributed by atoms with Gasteiger partial charge >= 0.3 is 0 Å². The van der Waals surface area contributed by atoms with E-state index in [1.807, 2.05) is 44.2 Å². The molecular weight excluding hydrogens is 362 g/mol. The van der Waals surface area contributed by atoms with Crippen LogP contribution >= 0.6 is 27.5 Å². The first-order valence-electron chi connectivity index (χ1n) is 6.83. The fourth-order valence-corrected chi connectivity index (χ4v) is 3.03. The van der Waals surface area contributed by atoms with Gasteiger partial charge < -0.3 is 0 Å². The zero-order valence-corrected chi connectivity index (χ0v) is 14.5. The summed E-state index contributed by atoms with van der Waals surface area (Å²) in [5.74, 6) is 0. The van der Waals surface area contributed by atoms with Gasteiger partial charge in [-0.25, -0.2) is 4.98 Å². The van der Waals surface area contributed by atoms with Gasteiger partial charge in [0, 0.05) is 21.0 Å². The monoisotopic (exact) mass is 373 g/mol. The number of nitrogens with zero attached hydrogens (tertiary/aromatic N) is 1. The zero-order chi connectivity index (χ0) is 15.9. The molecule has 3 rings (SSSR count). The highest BCUT2D eigenvalue weighted by molar-refractivity contribution is 9.10. The Balaban J connectivity index is 2.34. The van der Waals surface area contributed by atoms with Crippen molar-refractivity contribution in [1.29, 1.82) is 0 Å². The number of carbonyl (C=O) groups excluding carboxylic acids is 1. The molecule has 0 amide bonds. The third kappa shape index (κ3) is 2.79. The van der Waals surface area contributed by atoms with E-state index in [-0.39, 0.29) is 0 Å². The Labute approximate surface area is 142 Å². The number of hydrogen-bond donors (Lipinski definition) is 0. The number of aryl methyl sites for hydroxylation is 2. The molecule has 4 heteroatoms. The maximum Gasteiger partial charge on any atom is 0.253 e. The Kier molecular flexibility index (Phi) is 4.02. The SMILES string of the molecule is Cc1cc(C)c2nc(-c3ccc(Br)cc3)cc(C(=O)Cl)c2c1. The van der Waals surface area contributed by atoms with Crippen LogP contribution in [0.15, 0.2) is 46.9 Å². The summed E-state index contributed by atoms with van der Waals surface area (Å²) >= 11 is 9.22. The predicted molar refractivity (Wildman–Crippen MR) is 94.5 cm³/mol. The minimum atomic E-state index is -0.462. The van der Waals surface area contributed by atoms with Crippen LogP contribution in [0, 0.1) is 13.8 Å². The molecule has 0 bridgehead atoms. The van der Waals surface area contributed by atoms with Crippen molar-refractivity contribution in [2.24, 2.45) is 0 Å². The van der Waals surface area contributed by atoms with Gasteiger partial charge in [-0.15, -0.1) is 0 Å². The summed E-state index contributed by atoms with van der Waals surface area (Å²) in [7, 11) is 0. The van der Waals surface area contributed by atoms with Crippen LogP contribution in [-0.2, 0) is 0 Å². The lowest BCUT2D eigenvalue weighted by Gasteiger charge is -2.10. The van der Waals surface area contributed by atoms with Crippen molar-refractivity contribution in [3.8, 4) is 11.3 Å². The number of pyridine rings is 1. The number of benzene rings is 2.